The molecule has 7 nitrogen and oxygen atoms in total. The molecule has 0 radical (unpaired) electrons. The van der Waals surface area contributed by atoms with Crippen LogP contribution in [0.15, 0.2) is 5.16 Å². The third-order valence-electron chi connectivity index (χ3n) is 6.79. The molecule has 2 bridgehead atoms. The maximum absolute atomic E-state index is 17.0. The van der Waals surface area contributed by atoms with Crippen molar-refractivity contribution in [3.05, 3.63) is 16.7 Å². The molecule has 2 aromatic rings. The zero-order valence-electron chi connectivity index (χ0n) is 20.2. The first-order chi connectivity index (χ1) is 16.3. The number of thioether (sulfide) groups is 1. The number of amides is 1. The molecule has 2 aromatic heterocycles. The highest BCUT2D eigenvalue weighted by molar-refractivity contribution is 7.99. The Morgan fingerprint density at radius 3 is 2.63 bits per heavy atom. The van der Waals surface area contributed by atoms with Crippen LogP contribution in [0.1, 0.15) is 53.2 Å². The van der Waals surface area contributed by atoms with Crippen LogP contribution >= 0.6 is 23.4 Å². The van der Waals surface area contributed by atoms with Crippen molar-refractivity contribution in [2.75, 3.05) is 17.2 Å². The number of hydrogen-bond acceptors (Lipinski definition) is 7. The minimum Gasteiger partial charge on any atom is -0.444 e. The van der Waals surface area contributed by atoms with E-state index in [9.17, 15) is 4.79 Å². The van der Waals surface area contributed by atoms with Gasteiger partial charge in [-0.05, 0) is 38.9 Å². The summed E-state index contributed by atoms with van der Waals surface area (Å²) >= 11 is 7.39. The van der Waals surface area contributed by atoms with E-state index < -0.39 is 41.1 Å². The Kier molecular flexibility index (Phi) is 5.64. The molecule has 1 amide bonds. The summed E-state index contributed by atoms with van der Waals surface area (Å²) in [4.78, 5) is 28.5. The van der Waals surface area contributed by atoms with Crippen LogP contribution in [0.4, 0.5) is 23.8 Å². The predicted octanol–water partition coefficient (Wildman–Crippen LogP) is 5.67. The Balaban J connectivity index is 1.72. The number of carbonyl (C=O) groups excluding carboxylic acids is 1. The molecule has 0 N–H and O–H groups in total. The van der Waals surface area contributed by atoms with Crippen molar-refractivity contribution >= 4 is 46.2 Å². The van der Waals surface area contributed by atoms with E-state index >= 15 is 13.2 Å². The van der Waals surface area contributed by atoms with Crippen molar-refractivity contribution in [2.45, 2.75) is 82.3 Å². The highest BCUT2D eigenvalue weighted by Crippen LogP contribution is 2.55. The van der Waals surface area contributed by atoms with Crippen LogP contribution in [0, 0.1) is 11.7 Å². The second-order valence-corrected chi connectivity index (χ2v) is 12.0. The molecule has 190 valence electrons. The molecule has 0 unspecified atom stereocenters. The molecular formula is C23H27ClF3N5O2S. The first-order valence-electron chi connectivity index (χ1n) is 11.7. The first-order valence-corrected chi connectivity index (χ1v) is 13.0. The van der Waals surface area contributed by atoms with E-state index in [1.165, 1.54) is 11.8 Å². The number of aromatic nitrogens is 3. The molecule has 35 heavy (non-hydrogen) atoms. The van der Waals surface area contributed by atoms with Crippen LogP contribution in [0.5, 0.6) is 0 Å². The van der Waals surface area contributed by atoms with Crippen LogP contribution in [0.2, 0.25) is 5.15 Å². The molecule has 0 spiro atoms. The highest BCUT2D eigenvalue weighted by atomic mass is 35.5. The highest BCUT2D eigenvalue weighted by Gasteiger charge is 2.70. The fraction of sp³-hybridized carbons (Fsp3) is 0.652. The van der Waals surface area contributed by atoms with Gasteiger partial charge in [-0.15, -0.1) is 0 Å². The van der Waals surface area contributed by atoms with E-state index in [4.69, 9.17) is 16.3 Å². The van der Waals surface area contributed by atoms with Gasteiger partial charge in [0.1, 0.15) is 16.9 Å². The number of carbonyl (C=O) groups is 1. The summed E-state index contributed by atoms with van der Waals surface area (Å²) in [7, 11) is 0. The smallest absolute Gasteiger partial charge is 0.415 e. The molecule has 3 aliphatic rings. The Hall–Kier alpha value is -2.01. The number of nitrogens with zero attached hydrogens (tertiary/aromatic N) is 5. The van der Waals surface area contributed by atoms with E-state index in [2.05, 4.69) is 15.0 Å². The Labute approximate surface area is 210 Å². The van der Waals surface area contributed by atoms with Gasteiger partial charge in [0, 0.05) is 12.8 Å². The topological polar surface area (TPSA) is 71.5 Å². The summed E-state index contributed by atoms with van der Waals surface area (Å²) in [5.41, 5.74) is -0.515. The van der Waals surface area contributed by atoms with Crippen LogP contribution < -0.4 is 4.90 Å². The summed E-state index contributed by atoms with van der Waals surface area (Å²) < 4.78 is 54.0. The van der Waals surface area contributed by atoms with E-state index in [-0.39, 0.29) is 47.5 Å². The first kappa shape index (κ1) is 24.7. The van der Waals surface area contributed by atoms with Gasteiger partial charge in [-0.1, -0.05) is 37.2 Å². The Bertz CT molecular complexity index is 1230. The van der Waals surface area contributed by atoms with Crippen molar-refractivity contribution < 1.29 is 22.7 Å². The van der Waals surface area contributed by atoms with Crippen molar-refractivity contribution in [3.8, 4) is 0 Å². The normalized spacial score (nSPS) is 29.9. The largest absolute Gasteiger partial charge is 0.444 e. The van der Waals surface area contributed by atoms with Crippen LogP contribution in [-0.4, -0.2) is 61.5 Å². The zero-order chi connectivity index (χ0) is 25.5. The molecular weight excluding hydrogens is 503 g/mol. The zero-order valence-corrected chi connectivity index (χ0v) is 21.7. The number of ether oxygens (including phenoxy) is 1. The van der Waals surface area contributed by atoms with Crippen LogP contribution in [-0.2, 0) is 11.2 Å². The SMILES string of the molecule is CCSc1nc2c3c(nc(Cl)c(F)c3n1)C[C@H](C)[C@@H]1N2C[C@@]2(F)CC[C@]1(F)N2C(=O)OC(C)(C)C. The average Bonchev–Trinajstić information content (AvgIpc) is 2.85. The summed E-state index contributed by atoms with van der Waals surface area (Å²) in [6.45, 7) is 8.32. The molecule has 0 aliphatic carbocycles. The number of halogens is 4. The standard InChI is InChI=1S/C23H27ClF3N5O2S/c1-6-35-19-29-15-13-12(28-17(24)14(15)25)9-11(2)16-23(27)8-7-22(26,10-31(16)18(13)30-19)32(23)20(33)34-21(3,4)5/h11,16H,6-10H2,1-5H3/t11-,16-,22+,23-/m0/s1. The van der Waals surface area contributed by atoms with Crippen LogP contribution in [0.3, 0.4) is 0 Å². The van der Waals surface area contributed by atoms with E-state index in [1.54, 1.807) is 25.7 Å². The van der Waals surface area contributed by atoms with Gasteiger partial charge in [-0.2, -0.15) is 0 Å². The molecule has 12 heteroatoms. The fourth-order valence-corrected chi connectivity index (χ4v) is 6.42. The maximum Gasteiger partial charge on any atom is 0.415 e. The monoisotopic (exact) mass is 529 g/mol. The number of hydrogen-bond donors (Lipinski definition) is 0. The number of pyridine rings is 1. The minimum atomic E-state index is -2.37. The molecule has 5 rings (SSSR count). The average molecular weight is 530 g/mol. The number of rotatable bonds is 2. The Morgan fingerprint density at radius 1 is 1.26 bits per heavy atom. The van der Waals surface area contributed by atoms with Gasteiger partial charge in [0.2, 0.25) is 11.6 Å². The summed E-state index contributed by atoms with van der Waals surface area (Å²) in [6, 6.07) is -0.963. The van der Waals surface area contributed by atoms with Gasteiger partial charge < -0.3 is 9.64 Å². The molecule has 2 saturated heterocycles. The van der Waals surface area contributed by atoms with E-state index in [0.717, 1.165) is 0 Å². The Morgan fingerprint density at radius 2 is 1.97 bits per heavy atom. The maximum atomic E-state index is 17.0. The second kappa shape index (κ2) is 7.99. The molecule has 5 heterocycles. The number of piperazine rings is 1. The van der Waals surface area contributed by atoms with Gasteiger partial charge in [0.05, 0.1) is 23.7 Å². The summed E-state index contributed by atoms with van der Waals surface area (Å²) in [6.07, 6.45) is -1.19. The number of fused-ring (bicyclic) bond motifs is 5. The van der Waals surface area contributed by atoms with Crippen molar-refractivity contribution in [2.24, 2.45) is 5.92 Å². The fourth-order valence-electron chi connectivity index (χ4n) is 5.66. The third kappa shape index (κ3) is 3.72. The number of alkyl halides is 2. The molecule has 0 saturated carbocycles. The van der Waals surface area contributed by atoms with Crippen LogP contribution in [0.25, 0.3) is 10.9 Å². The minimum absolute atomic E-state index is 0.0171. The van der Waals surface area contributed by atoms with Gasteiger partial charge in [0.15, 0.2) is 16.1 Å². The van der Waals surface area contributed by atoms with E-state index in [0.29, 0.717) is 21.7 Å². The molecule has 4 atom stereocenters. The van der Waals surface area contributed by atoms with E-state index in [1.807, 2.05) is 13.8 Å². The molecule has 0 aromatic carbocycles. The van der Waals surface area contributed by atoms with Gasteiger partial charge in [-0.3, -0.25) is 0 Å². The lowest BCUT2D eigenvalue weighted by Crippen LogP contribution is -2.72. The van der Waals surface area contributed by atoms with Crippen molar-refractivity contribution in [1.29, 1.82) is 0 Å². The number of anilines is 1. The lowest BCUT2D eigenvalue weighted by molar-refractivity contribution is -0.139. The summed E-state index contributed by atoms with van der Waals surface area (Å²) in [5, 5.41) is 0.252. The lowest BCUT2D eigenvalue weighted by Gasteiger charge is -2.53. The van der Waals surface area contributed by atoms with Gasteiger partial charge >= 0.3 is 6.09 Å². The predicted molar refractivity (Wildman–Crippen MR) is 128 cm³/mol. The van der Waals surface area contributed by atoms with Crippen molar-refractivity contribution in [3.63, 3.8) is 0 Å². The second-order valence-electron chi connectivity index (χ2n) is 10.5. The van der Waals surface area contributed by atoms with Crippen molar-refractivity contribution in [1.82, 2.24) is 19.9 Å². The van der Waals surface area contributed by atoms with Gasteiger partial charge in [0.25, 0.3) is 0 Å². The third-order valence-corrected chi connectivity index (χ3v) is 7.77. The molecule has 2 fully saturated rings. The lowest BCUT2D eigenvalue weighted by atomic mass is 9.86. The summed E-state index contributed by atoms with van der Waals surface area (Å²) in [5.74, 6) is -5.10. The molecule has 3 aliphatic heterocycles. The quantitative estimate of drug-likeness (QED) is 0.215. The van der Waals surface area contributed by atoms with Gasteiger partial charge in [-0.25, -0.2) is 37.8 Å².